The van der Waals surface area contributed by atoms with Crippen LogP contribution in [0.3, 0.4) is 0 Å². The molecule has 0 saturated heterocycles. The SMILES string of the molecule is O=C(CN1CCCn2c1nc(-c1ccncc1)cc2=O)c1ccc2ccccc2c1. The summed E-state index contributed by atoms with van der Waals surface area (Å²) in [4.78, 5) is 36.4. The lowest BCUT2D eigenvalue weighted by molar-refractivity contribution is 0.0997. The summed E-state index contributed by atoms with van der Waals surface area (Å²) in [5.74, 6) is 0.562. The predicted molar refractivity (Wildman–Crippen MR) is 117 cm³/mol. The fourth-order valence-corrected chi connectivity index (χ4v) is 3.91. The molecule has 0 fully saturated rings. The number of nitrogens with zero attached hydrogens (tertiary/aromatic N) is 4. The minimum absolute atomic E-state index is 0.0118. The molecule has 0 bridgehead atoms. The number of pyridine rings is 1. The van der Waals surface area contributed by atoms with Crippen LogP contribution in [0.25, 0.3) is 22.0 Å². The molecular weight excluding hydrogens is 376 g/mol. The van der Waals surface area contributed by atoms with Crippen LogP contribution < -0.4 is 10.5 Å². The van der Waals surface area contributed by atoms with Gasteiger partial charge >= 0.3 is 0 Å². The second-order valence-corrected chi connectivity index (χ2v) is 7.43. The van der Waals surface area contributed by atoms with E-state index in [9.17, 15) is 9.59 Å². The summed E-state index contributed by atoms with van der Waals surface area (Å²) in [5.41, 5.74) is 1.99. The molecule has 0 atom stereocenters. The van der Waals surface area contributed by atoms with Gasteiger partial charge in [-0.25, -0.2) is 4.98 Å². The molecule has 0 aliphatic carbocycles. The molecule has 30 heavy (non-hydrogen) atoms. The van der Waals surface area contributed by atoms with Crippen LogP contribution in [0.15, 0.2) is 77.9 Å². The Morgan fingerprint density at radius 2 is 1.73 bits per heavy atom. The number of aromatic nitrogens is 3. The number of Topliss-reactive ketones (excluding diaryl/α,β-unsaturated/α-hetero) is 1. The third-order valence-corrected chi connectivity index (χ3v) is 5.46. The maximum absolute atomic E-state index is 13.0. The van der Waals surface area contributed by atoms with Crippen molar-refractivity contribution in [1.29, 1.82) is 0 Å². The lowest BCUT2D eigenvalue weighted by Gasteiger charge is -2.30. The number of fused-ring (bicyclic) bond motifs is 2. The molecule has 1 aliphatic rings. The fourth-order valence-electron chi connectivity index (χ4n) is 3.91. The quantitative estimate of drug-likeness (QED) is 0.494. The van der Waals surface area contributed by atoms with Crippen LogP contribution in [-0.4, -0.2) is 33.4 Å². The lowest BCUT2D eigenvalue weighted by atomic mass is 10.0. The molecule has 6 heteroatoms. The van der Waals surface area contributed by atoms with E-state index in [-0.39, 0.29) is 17.9 Å². The first-order valence-electron chi connectivity index (χ1n) is 9.98. The molecule has 2 aromatic carbocycles. The largest absolute Gasteiger partial charge is 0.334 e. The van der Waals surface area contributed by atoms with Crippen molar-refractivity contribution in [3.63, 3.8) is 0 Å². The van der Waals surface area contributed by atoms with Gasteiger partial charge in [-0.1, -0.05) is 36.4 Å². The molecule has 0 radical (unpaired) electrons. The molecule has 2 aromatic heterocycles. The van der Waals surface area contributed by atoms with Gasteiger partial charge in [0.2, 0.25) is 5.95 Å². The van der Waals surface area contributed by atoms with E-state index in [1.807, 2.05) is 59.5 Å². The molecule has 4 aromatic rings. The third-order valence-electron chi connectivity index (χ3n) is 5.46. The monoisotopic (exact) mass is 396 g/mol. The lowest BCUT2D eigenvalue weighted by Crippen LogP contribution is -2.41. The van der Waals surface area contributed by atoms with E-state index in [1.165, 1.54) is 0 Å². The van der Waals surface area contributed by atoms with Gasteiger partial charge in [0.25, 0.3) is 5.56 Å². The first-order chi connectivity index (χ1) is 14.7. The van der Waals surface area contributed by atoms with E-state index in [0.717, 1.165) is 22.8 Å². The molecule has 6 nitrogen and oxygen atoms in total. The highest BCUT2D eigenvalue weighted by Gasteiger charge is 2.23. The van der Waals surface area contributed by atoms with Crippen LogP contribution in [0, 0.1) is 0 Å². The highest BCUT2D eigenvalue weighted by Crippen LogP contribution is 2.22. The summed E-state index contributed by atoms with van der Waals surface area (Å²) in [6.07, 6.45) is 4.15. The Morgan fingerprint density at radius 1 is 0.933 bits per heavy atom. The van der Waals surface area contributed by atoms with Crippen LogP contribution in [0.2, 0.25) is 0 Å². The van der Waals surface area contributed by atoms with Crippen LogP contribution in [0.4, 0.5) is 5.95 Å². The fraction of sp³-hybridized carbons (Fsp3) is 0.167. The number of anilines is 1. The van der Waals surface area contributed by atoms with E-state index >= 15 is 0 Å². The first kappa shape index (κ1) is 18.2. The smallest absolute Gasteiger partial charge is 0.255 e. The Bertz CT molecular complexity index is 1300. The van der Waals surface area contributed by atoms with Crippen molar-refractivity contribution in [3.05, 3.63) is 89.0 Å². The Kier molecular flexibility index (Phi) is 4.59. The number of ketones is 1. The second-order valence-electron chi connectivity index (χ2n) is 7.43. The summed E-state index contributed by atoms with van der Waals surface area (Å²) < 4.78 is 1.65. The Balaban J connectivity index is 1.48. The van der Waals surface area contributed by atoms with Crippen molar-refractivity contribution in [2.75, 3.05) is 18.0 Å². The molecule has 3 heterocycles. The van der Waals surface area contributed by atoms with E-state index in [2.05, 4.69) is 4.98 Å². The van der Waals surface area contributed by atoms with Gasteiger partial charge in [-0.05, 0) is 35.4 Å². The second kappa shape index (κ2) is 7.55. The maximum Gasteiger partial charge on any atom is 0.255 e. The zero-order valence-electron chi connectivity index (χ0n) is 16.4. The Hall–Kier alpha value is -3.80. The average Bonchev–Trinajstić information content (AvgIpc) is 2.79. The topological polar surface area (TPSA) is 68.1 Å². The number of hydrogen-bond acceptors (Lipinski definition) is 5. The number of carbonyl (C=O) groups is 1. The van der Waals surface area contributed by atoms with Crippen molar-refractivity contribution < 1.29 is 4.79 Å². The van der Waals surface area contributed by atoms with E-state index < -0.39 is 0 Å². The van der Waals surface area contributed by atoms with E-state index in [1.54, 1.807) is 23.0 Å². The summed E-state index contributed by atoms with van der Waals surface area (Å²) >= 11 is 0. The summed E-state index contributed by atoms with van der Waals surface area (Å²) in [6, 6.07) is 18.9. The summed E-state index contributed by atoms with van der Waals surface area (Å²) in [6.45, 7) is 1.48. The van der Waals surface area contributed by atoms with Crippen molar-refractivity contribution in [1.82, 2.24) is 14.5 Å². The van der Waals surface area contributed by atoms with Crippen molar-refractivity contribution in [2.24, 2.45) is 0 Å². The highest BCUT2D eigenvalue weighted by molar-refractivity contribution is 6.02. The van der Waals surface area contributed by atoms with Crippen molar-refractivity contribution in [3.8, 4) is 11.3 Å². The van der Waals surface area contributed by atoms with Gasteiger partial charge in [0.05, 0.1) is 12.2 Å². The molecular formula is C24H20N4O2. The summed E-state index contributed by atoms with van der Waals surface area (Å²) in [5, 5.41) is 2.14. The molecule has 0 N–H and O–H groups in total. The average molecular weight is 396 g/mol. The third kappa shape index (κ3) is 3.37. The van der Waals surface area contributed by atoms with E-state index in [4.69, 9.17) is 4.98 Å². The van der Waals surface area contributed by atoms with Crippen LogP contribution in [-0.2, 0) is 6.54 Å². The maximum atomic E-state index is 13.0. The number of carbonyl (C=O) groups excluding carboxylic acids is 1. The van der Waals surface area contributed by atoms with Crippen molar-refractivity contribution in [2.45, 2.75) is 13.0 Å². The Labute approximate surface area is 173 Å². The molecule has 1 aliphatic heterocycles. The van der Waals surface area contributed by atoms with Crippen LogP contribution in [0.1, 0.15) is 16.8 Å². The molecule has 0 spiro atoms. The molecule has 0 unspecified atom stereocenters. The Morgan fingerprint density at radius 3 is 2.57 bits per heavy atom. The van der Waals surface area contributed by atoms with Gasteiger partial charge in [0.15, 0.2) is 5.78 Å². The van der Waals surface area contributed by atoms with Gasteiger partial charge in [0, 0.05) is 42.7 Å². The minimum atomic E-state index is -0.102. The number of rotatable bonds is 4. The van der Waals surface area contributed by atoms with Crippen LogP contribution >= 0.6 is 0 Å². The zero-order chi connectivity index (χ0) is 20.5. The normalized spacial score (nSPS) is 13.3. The van der Waals surface area contributed by atoms with Gasteiger partial charge in [-0.3, -0.25) is 19.1 Å². The minimum Gasteiger partial charge on any atom is -0.334 e. The van der Waals surface area contributed by atoms with Gasteiger partial charge in [0.1, 0.15) is 0 Å². The first-order valence-corrected chi connectivity index (χ1v) is 9.98. The standard InChI is InChI=1S/C24H20N4O2/c29-22(20-7-6-17-4-1-2-5-19(17)14-20)16-27-12-3-13-28-23(30)15-21(26-24(27)28)18-8-10-25-11-9-18/h1-2,4-11,14-15H,3,12-13,16H2. The van der Waals surface area contributed by atoms with Crippen molar-refractivity contribution >= 4 is 22.5 Å². The highest BCUT2D eigenvalue weighted by atomic mass is 16.1. The molecule has 0 amide bonds. The van der Waals surface area contributed by atoms with Gasteiger partial charge in [-0.2, -0.15) is 0 Å². The molecule has 0 saturated carbocycles. The van der Waals surface area contributed by atoms with Gasteiger partial charge < -0.3 is 4.90 Å². The van der Waals surface area contributed by atoms with Crippen LogP contribution in [0.5, 0.6) is 0 Å². The molecule has 5 rings (SSSR count). The van der Waals surface area contributed by atoms with Gasteiger partial charge in [-0.15, -0.1) is 0 Å². The number of benzene rings is 2. The zero-order valence-corrected chi connectivity index (χ0v) is 16.4. The molecule has 148 valence electrons. The summed E-state index contributed by atoms with van der Waals surface area (Å²) in [7, 11) is 0. The number of hydrogen-bond donors (Lipinski definition) is 0. The predicted octanol–water partition coefficient (Wildman–Crippen LogP) is 3.55. The van der Waals surface area contributed by atoms with E-state index in [0.29, 0.717) is 30.3 Å².